The Morgan fingerprint density at radius 2 is 1.63 bits per heavy atom. The van der Waals surface area contributed by atoms with Gasteiger partial charge in [-0.05, 0) is 81.6 Å². The summed E-state index contributed by atoms with van der Waals surface area (Å²) in [5.74, 6) is -1.37. The SMILES string of the molecule is Cc1nccc(-c2cccc(C(=O)CC(=O)Nc3cc(C(F)(F)F)ccc3NC(=O)OC(C)(C)C)c2)c1C. The van der Waals surface area contributed by atoms with Gasteiger partial charge in [0.2, 0.25) is 5.91 Å². The summed E-state index contributed by atoms with van der Waals surface area (Å²) in [7, 11) is 0. The molecule has 0 saturated heterocycles. The van der Waals surface area contributed by atoms with Crippen molar-refractivity contribution in [2.45, 2.75) is 52.8 Å². The lowest BCUT2D eigenvalue weighted by atomic mass is 9.97. The lowest BCUT2D eigenvalue weighted by Gasteiger charge is -2.21. The molecule has 2 N–H and O–H groups in total. The van der Waals surface area contributed by atoms with Crippen molar-refractivity contribution in [1.82, 2.24) is 4.98 Å². The van der Waals surface area contributed by atoms with Crippen LogP contribution in [0.25, 0.3) is 11.1 Å². The van der Waals surface area contributed by atoms with Crippen molar-refractivity contribution in [3.63, 3.8) is 0 Å². The number of amides is 2. The minimum Gasteiger partial charge on any atom is -0.444 e. The molecule has 10 heteroatoms. The Balaban J connectivity index is 1.81. The second kappa shape index (κ2) is 11.0. The quantitative estimate of drug-likeness (QED) is 0.267. The van der Waals surface area contributed by atoms with Crippen LogP contribution >= 0.6 is 0 Å². The Hall–Kier alpha value is -4.21. The van der Waals surface area contributed by atoms with Crippen LogP contribution in [0.3, 0.4) is 0 Å². The van der Waals surface area contributed by atoms with E-state index in [1.165, 1.54) is 0 Å². The first-order valence-corrected chi connectivity index (χ1v) is 11.7. The fourth-order valence-electron chi connectivity index (χ4n) is 3.60. The highest BCUT2D eigenvalue weighted by Crippen LogP contribution is 2.34. The number of aromatic nitrogens is 1. The number of carbonyl (C=O) groups excluding carboxylic acids is 3. The van der Waals surface area contributed by atoms with E-state index in [1.54, 1.807) is 45.2 Å². The Bertz CT molecular complexity index is 1380. The van der Waals surface area contributed by atoms with Crippen LogP contribution in [-0.2, 0) is 15.7 Å². The number of benzene rings is 2. The van der Waals surface area contributed by atoms with Crippen LogP contribution in [0.15, 0.2) is 54.7 Å². The van der Waals surface area contributed by atoms with E-state index >= 15 is 0 Å². The first kappa shape index (κ1) is 28.4. The molecule has 7 nitrogen and oxygen atoms in total. The zero-order chi connectivity index (χ0) is 28.3. The Kier molecular flexibility index (Phi) is 8.24. The molecule has 38 heavy (non-hydrogen) atoms. The van der Waals surface area contributed by atoms with Gasteiger partial charge in [-0.15, -0.1) is 0 Å². The Morgan fingerprint density at radius 1 is 0.921 bits per heavy atom. The van der Waals surface area contributed by atoms with Gasteiger partial charge in [0.25, 0.3) is 0 Å². The third-order valence-electron chi connectivity index (χ3n) is 5.53. The van der Waals surface area contributed by atoms with E-state index in [2.05, 4.69) is 15.6 Å². The number of alkyl halides is 3. The molecule has 3 rings (SSSR count). The second-order valence-corrected chi connectivity index (χ2v) is 9.68. The molecule has 3 aromatic rings. The normalized spacial score (nSPS) is 11.6. The fraction of sp³-hybridized carbons (Fsp3) is 0.286. The van der Waals surface area contributed by atoms with Gasteiger partial charge in [0.05, 0.1) is 23.4 Å². The van der Waals surface area contributed by atoms with Crippen LogP contribution in [0.5, 0.6) is 0 Å². The van der Waals surface area contributed by atoms with Gasteiger partial charge in [-0.3, -0.25) is 19.9 Å². The number of anilines is 2. The molecule has 1 heterocycles. The third kappa shape index (κ3) is 7.41. The molecule has 0 bridgehead atoms. The van der Waals surface area contributed by atoms with E-state index in [0.29, 0.717) is 6.07 Å². The lowest BCUT2D eigenvalue weighted by molar-refractivity contribution is -0.137. The molecule has 200 valence electrons. The van der Waals surface area contributed by atoms with Crippen molar-refractivity contribution in [3.05, 3.63) is 77.1 Å². The number of nitrogens with zero attached hydrogens (tertiary/aromatic N) is 1. The molecule has 2 aromatic carbocycles. The van der Waals surface area contributed by atoms with Crippen molar-refractivity contribution in [1.29, 1.82) is 0 Å². The topological polar surface area (TPSA) is 97.4 Å². The number of aryl methyl sites for hydroxylation is 1. The molecule has 0 aliphatic rings. The highest BCUT2D eigenvalue weighted by Gasteiger charge is 2.31. The predicted molar refractivity (Wildman–Crippen MR) is 138 cm³/mol. The second-order valence-electron chi connectivity index (χ2n) is 9.68. The number of halogens is 3. The van der Waals surface area contributed by atoms with Gasteiger partial charge < -0.3 is 10.1 Å². The summed E-state index contributed by atoms with van der Waals surface area (Å²) in [6.45, 7) is 8.66. The number of pyridine rings is 1. The smallest absolute Gasteiger partial charge is 0.416 e. The van der Waals surface area contributed by atoms with Gasteiger partial charge >= 0.3 is 12.3 Å². The lowest BCUT2D eigenvalue weighted by Crippen LogP contribution is -2.28. The van der Waals surface area contributed by atoms with E-state index in [1.807, 2.05) is 26.0 Å². The monoisotopic (exact) mass is 527 g/mol. The highest BCUT2D eigenvalue weighted by atomic mass is 19.4. The summed E-state index contributed by atoms with van der Waals surface area (Å²) in [6, 6.07) is 11.0. The summed E-state index contributed by atoms with van der Waals surface area (Å²) in [5, 5.41) is 4.65. The van der Waals surface area contributed by atoms with Crippen molar-refractivity contribution in [2.75, 3.05) is 10.6 Å². The minimum atomic E-state index is -4.69. The summed E-state index contributed by atoms with van der Waals surface area (Å²) < 4.78 is 45.0. The molecular formula is C28H28F3N3O4. The molecule has 0 saturated carbocycles. The number of Topliss-reactive ketones (excluding diaryl/α,β-unsaturated/α-hetero) is 1. The average Bonchev–Trinajstić information content (AvgIpc) is 2.80. The highest BCUT2D eigenvalue weighted by molar-refractivity contribution is 6.12. The van der Waals surface area contributed by atoms with E-state index in [9.17, 15) is 27.6 Å². The van der Waals surface area contributed by atoms with Gasteiger partial charge in [-0.2, -0.15) is 13.2 Å². The predicted octanol–water partition coefficient (Wildman–Crippen LogP) is 6.94. The number of ether oxygens (including phenoxy) is 1. The first-order chi connectivity index (χ1) is 17.6. The number of hydrogen-bond acceptors (Lipinski definition) is 5. The number of rotatable bonds is 6. The minimum absolute atomic E-state index is 0.112. The molecule has 1 aromatic heterocycles. The maximum absolute atomic E-state index is 13.3. The molecule has 0 radical (unpaired) electrons. The summed E-state index contributed by atoms with van der Waals surface area (Å²) in [6.07, 6.45) is -4.57. The summed E-state index contributed by atoms with van der Waals surface area (Å²) >= 11 is 0. The maximum Gasteiger partial charge on any atom is 0.416 e. The van der Waals surface area contributed by atoms with Gasteiger partial charge in [0.15, 0.2) is 5.78 Å². The summed E-state index contributed by atoms with van der Waals surface area (Å²) in [4.78, 5) is 42.0. The zero-order valence-corrected chi connectivity index (χ0v) is 21.6. The molecule has 0 atom stereocenters. The van der Waals surface area contributed by atoms with Crippen molar-refractivity contribution >= 4 is 29.2 Å². The van der Waals surface area contributed by atoms with Gasteiger partial charge in [0, 0.05) is 17.5 Å². The largest absolute Gasteiger partial charge is 0.444 e. The van der Waals surface area contributed by atoms with E-state index in [4.69, 9.17) is 4.74 Å². The molecule has 0 unspecified atom stereocenters. The van der Waals surface area contributed by atoms with Crippen LogP contribution in [-0.4, -0.2) is 28.4 Å². The van der Waals surface area contributed by atoms with Gasteiger partial charge in [-0.25, -0.2) is 4.79 Å². The molecular weight excluding hydrogens is 499 g/mol. The van der Waals surface area contributed by atoms with Crippen molar-refractivity contribution < 1.29 is 32.3 Å². The molecule has 0 fully saturated rings. The van der Waals surface area contributed by atoms with Crippen molar-refractivity contribution in [3.8, 4) is 11.1 Å². The summed E-state index contributed by atoms with van der Waals surface area (Å²) in [5.41, 5.74) is 1.39. The molecule has 0 spiro atoms. The van der Waals surface area contributed by atoms with E-state index in [-0.39, 0.29) is 16.9 Å². The number of carbonyl (C=O) groups is 3. The van der Waals surface area contributed by atoms with Crippen LogP contribution in [0.4, 0.5) is 29.3 Å². The van der Waals surface area contributed by atoms with Crippen molar-refractivity contribution in [2.24, 2.45) is 0 Å². The Morgan fingerprint density at radius 3 is 2.29 bits per heavy atom. The van der Waals surface area contributed by atoms with Gasteiger partial charge in [-0.1, -0.05) is 18.2 Å². The fourth-order valence-corrected chi connectivity index (χ4v) is 3.60. The van der Waals surface area contributed by atoms with E-state index < -0.39 is 41.5 Å². The maximum atomic E-state index is 13.3. The Labute approximate surface area is 218 Å². The van der Waals surface area contributed by atoms with E-state index in [0.717, 1.165) is 34.5 Å². The molecule has 0 aliphatic carbocycles. The third-order valence-corrected chi connectivity index (χ3v) is 5.53. The van der Waals surface area contributed by atoms with Gasteiger partial charge in [0.1, 0.15) is 5.60 Å². The standard InChI is InChI=1S/C28H28F3N3O4/c1-16-17(2)32-12-11-21(16)18-7-6-8-19(13-18)24(35)15-25(36)33-23-14-20(28(29,30)31)9-10-22(23)34-26(37)38-27(3,4)5/h6-14H,15H2,1-5H3,(H,33,36)(H,34,37). The van der Waals surface area contributed by atoms with Crippen LogP contribution in [0.1, 0.15) is 54.4 Å². The van der Waals surface area contributed by atoms with Crippen LogP contribution in [0.2, 0.25) is 0 Å². The van der Waals surface area contributed by atoms with Crippen LogP contribution < -0.4 is 10.6 Å². The first-order valence-electron chi connectivity index (χ1n) is 11.7. The molecule has 0 aliphatic heterocycles. The van der Waals surface area contributed by atoms with Crippen LogP contribution in [0, 0.1) is 13.8 Å². The number of hydrogen-bond donors (Lipinski definition) is 2. The average molecular weight is 528 g/mol. The number of nitrogens with one attached hydrogen (secondary N) is 2. The molecule has 2 amide bonds. The zero-order valence-electron chi connectivity index (χ0n) is 21.6. The number of ketones is 1.